The summed E-state index contributed by atoms with van der Waals surface area (Å²) >= 11 is 1.32. The minimum Gasteiger partial charge on any atom is -0.497 e. The van der Waals surface area contributed by atoms with E-state index in [9.17, 15) is 14.4 Å². The monoisotopic (exact) mass is 498 g/mol. The van der Waals surface area contributed by atoms with Crippen molar-refractivity contribution in [2.45, 2.75) is 39.3 Å². The maximum Gasteiger partial charge on any atom is 0.287 e. The highest BCUT2D eigenvalue weighted by Gasteiger charge is 2.20. The molecule has 2 N–H and O–H groups in total. The van der Waals surface area contributed by atoms with Crippen LogP contribution in [0.3, 0.4) is 0 Å². The lowest BCUT2D eigenvalue weighted by Gasteiger charge is -2.31. The summed E-state index contributed by atoms with van der Waals surface area (Å²) in [5, 5.41) is 5.10. The van der Waals surface area contributed by atoms with Crippen LogP contribution in [0.15, 0.2) is 34.4 Å². The zero-order valence-corrected chi connectivity index (χ0v) is 20.8. The lowest BCUT2D eigenvalue weighted by Crippen LogP contribution is -2.37. The summed E-state index contributed by atoms with van der Waals surface area (Å²) in [7, 11) is 1.59. The van der Waals surface area contributed by atoms with Crippen LogP contribution in [-0.2, 0) is 22.7 Å². The molecule has 35 heavy (non-hydrogen) atoms. The Balaban J connectivity index is 1.30. The Morgan fingerprint density at radius 1 is 1.29 bits per heavy atom. The van der Waals surface area contributed by atoms with E-state index in [1.165, 1.54) is 11.3 Å². The van der Waals surface area contributed by atoms with E-state index in [2.05, 4.69) is 15.3 Å². The molecule has 1 aliphatic heterocycles. The number of likely N-dealkylation sites (tertiary alicyclic amines) is 1. The third-order valence-corrected chi connectivity index (χ3v) is 7.23. The van der Waals surface area contributed by atoms with E-state index in [-0.39, 0.29) is 23.8 Å². The number of nitrogens with zero attached hydrogens (tertiary/aromatic N) is 2. The maximum absolute atomic E-state index is 12.7. The fraction of sp³-hybridized carbons (Fsp3) is 0.440. The normalized spacial score (nSPS) is 14.3. The van der Waals surface area contributed by atoms with Crippen LogP contribution in [-0.4, -0.2) is 53.5 Å². The van der Waals surface area contributed by atoms with Crippen LogP contribution in [0.4, 0.5) is 0 Å². The Bertz CT molecular complexity index is 1250. The molecule has 1 saturated heterocycles. The maximum atomic E-state index is 12.7. The van der Waals surface area contributed by atoms with Crippen molar-refractivity contribution in [3.8, 4) is 5.75 Å². The van der Waals surface area contributed by atoms with Crippen molar-refractivity contribution in [1.29, 1.82) is 0 Å². The number of piperidine rings is 1. The van der Waals surface area contributed by atoms with Crippen LogP contribution >= 0.6 is 11.3 Å². The van der Waals surface area contributed by atoms with E-state index in [0.717, 1.165) is 43.5 Å². The summed E-state index contributed by atoms with van der Waals surface area (Å²) in [4.78, 5) is 46.1. The van der Waals surface area contributed by atoms with Crippen molar-refractivity contribution >= 4 is 33.4 Å². The van der Waals surface area contributed by atoms with E-state index in [1.54, 1.807) is 14.0 Å². The highest BCUT2D eigenvalue weighted by Crippen LogP contribution is 2.23. The molecule has 0 spiro atoms. The highest BCUT2D eigenvalue weighted by atomic mass is 32.1. The van der Waals surface area contributed by atoms with Gasteiger partial charge in [-0.25, -0.2) is 4.98 Å². The van der Waals surface area contributed by atoms with Gasteiger partial charge in [0.05, 0.1) is 19.1 Å². The van der Waals surface area contributed by atoms with Crippen molar-refractivity contribution in [3.05, 3.63) is 57.0 Å². The molecule has 2 aromatic heterocycles. The van der Waals surface area contributed by atoms with E-state index in [4.69, 9.17) is 9.47 Å². The quantitative estimate of drug-likeness (QED) is 0.439. The fourth-order valence-corrected chi connectivity index (χ4v) is 5.16. The van der Waals surface area contributed by atoms with Gasteiger partial charge in [0.2, 0.25) is 11.7 Å². The van der Waals surface area contributed by atoms with E-state index < -0.39 is 5.91 Å². The number of benzene rings is 1. The SMILES string of the molecule is COc1cccc(CNC(=O)c2nc3scc(COCCC4CCN(C(C)=O)CC4)c3c(=O)[nH]2)c1. The predicted molar refractivity (Wildman–Crippen MR) is 134 cm³/mol. The molecule has 1 aliphatic rings. The Morgan fingerprint density at radius 3 is 2.83 bits per heavy atom. The molecule has 3 aromatic rings. The van der Waals surface area contributed by atoms with Gasteiger partial charge in [0.25, 0.3) is 11.5 Å². The van der Waals surface area contributed by atoms with Crippen molar-refractivity contribution in [2.75, 3.05) is 26.8 Å². The number of amides is 2. The van der Waals surface area contributed by atoms with Crippen LogP contribution in [0.1, 0.15) is 47.9 Å². The molecule has 10 heteroatoms. The first-order chi connectivity index (χ1) is 16.9. The zero-order chi connectivity index (χ0) is 24.8. The van der Waals surface area contributed by atoms with Gasteiger partial charge < -0.3 is 24.7 Å². The van der Waals surface area contributed by atoms with Gasteiger partial charge in [-0.2, -0.15) is 0 Å². The predicted octanol–water partition coefficient (Wildman–Crippen LogP) is 3.09. The van der Waals surface area contributed by atoms with E-state index in [1.807, 2.05) is 34.5 Å². The molecule has 186 valence electrons. The molecule has 0 unspecified atom stereocenters. The number of ether oxygens (including phenoxy) is 2. The van der Waals surface area contributed by atoms with Crippen LogP contribution in [0.25, 0.3) is 10.2 Å². The van der Waals surface area contributed by atoms with Crippen LogP contribution in [0.2, 0.25) is 0 Å². The fourth-order valence-electron chi connectivity index (χ4n) is 4.24. The van der Waals surface area contributed by atoms with Crippen molar-refractivity contribution in [1.82, 2.24) is 20.2 Å². The molecular formula is C25H30N4O5S. The number of nitrogens with one attached hydrogen (secondary N) is 2. The number of thiophene rings is 1. The van der Waals surface area contributed by atoms with Crippen LogP contribution < -0.4 is 15.6 Å². The third-order valence-electron chi connectivity index (χ3n) is 6.31. The van der Waals surface area contributed by atoms with Crippen LogP contribution in [0, 0.1) is 5.92 Å². The minimum atomic E-state index is -0.450. The van der Waals surface area contributed by atoms with Crippen molar-refractivity contribution in [2.24, 2.45) is 5.92 Å². The number of rotatable bonds is 9. The Kier molecular flexibility index (Phi) is 8.14. The van der Waals surface area contributed by atoms with Gasteiger partial charge >= 0.3 is 0 Å². The van der Waals surface area contributed by atoms with E-state index in [0.29, 0.717) is 35.1 Å². The molecule has 3 heterocycles. The summed E-state index contributed by atoms with van der Waals surface area (Å²) < 4.78 is 11.1. The molecule has 0 saturated carbocycles. The topological polar surface area (TPSA) is 114 Å². The van der Waals surface area contributed by atoms with Gasteiger partial charge in [0.15, 0.2) is 0 Å². The number of hydrogen-bond acceptors (Lipinski definition) is 7. The third kappa shape index (κ3) is 6.26. The second kappa shape index (κ2) is 11.5. The first-order valence-electron chi connectivity index (χ1n) is 11.7. The summed E-state index contributed by atoms with van der Waals surface area (Å²) in [6, 6.07) is 7.39. The van der Waals surface area contributed by atoms with Crippen molar-refractivity contribution in [3.63, 3.8) is 0 Å². The molecule has 4 rings (SSSR count). The number of carbonyl (C=O) groups excluding carboxylic acids is 2. The largest absolute Gasteiger partial charge is 0.497 e. The number of methoxy groups -OCH3 is 1. The molecule has 0 bridgehead atoms. The number of aromatic nitrogens is 2. The first-order valence-corrected chi connectivity index (χ1v) is 12.6. The number of carbonyl (C=O) groups is 2. The van der Waals surface area contributed by atoms with Gasteiger partial charge in [-0.1, -0.05) is 12.1 Å². The number of H-pyrrole nitrogens is 1. The minimum absolute atomic E-state index is 0.0170. The van der Waals surface area contributed by atoms with Gasteiger partial charge in [0.1, 0.15) is 10.6 Å². The standard InChI is InChI=1S/C25H30N4O5S/c1-16(30)29-9-6-17(7-10-29)8-11-34-14-19-15-35-25-21(19)23(31)27-22(28-25)24(32)26-13-18-4-3-5-20(12-18)33-2/h3-5,12,15,17H,6-11,13-14H2,1-2H3,(H,26,32)(H,27,28,31). The average Bonchev–Trinajstić information content (AvgIpc) is 3.29. The number of fused-ring (bicyclic) bond motifs is 1. The molecule has 0 radical (unpaired) electrons. The van der Waals surface area contributed by atoms with E-state index >= 15 is 0 Å². The molecular weight excluding hydrogens is 468 g/mol. The Morgan fingerprint density at radius 2 is 2.09 bits per heavy atom. The summed E-state index contributed by atoms with van der Waals surface area (Å²) in [5.74, 6) is 0.926. The second-order valence-electron chi connectivity index (χ2n) is 8.68. The first kappa shape index (κ1) is 24.9. The summed E-state index contributed by atoms with van der Waals surface area (Å²) in [6.07, 6.45) is 2.92. The lowest BCUT2D eigenvalue weighted by atomic mass is 9.94. The van der Waals surface area contributed by atoms with Gasteiger partial charge in [0, 0.05) is 38.7 Å². The van der Waals surface area contributed by atoms with Gasteiger partial charge in [-0.05, 0) is 48.3 Å². The zero-order valence-electron chi connectivity index (χ0n) is 20.0. The summed E-state index contributed by atoms with van der Waals surface area (Å²) in [6.45, 7) is 4.44. The summed E-state index contributed by atoms with van der Waals surface area (Å²) in [5.41, 5.74) is 1.30. The molecule has 1 fully saturated rings. The molecule has 0 atom stereocenters. The molecule has 0 aliphatic carbocycles. The Hall–Kier alpha value is -3.24. The highest BCUT2D eigenvalue weighted by molar-refractivity contribution is 7.16. The second-order valence-corrected chi connectivity index (χ2v) is 9.54. The smallest absolute Gasteiger partial charge is 0.287 e. The molecule has 2 amide bonds. The lowest BCUT2D eigenvalue weighted by molar-refractivity contribution is -0.130. The number of aromatic amines is 1. The number of hydrogen-bond donors (Lipinski definition) is 2. The Labute approximate surface area is 207 Å². The van der Waals surface area contributed by atoms with Crippen molar-refractivity contribution < 1.29 is 19.1 Å². The molecule has 1 aromatic carbocycles. The van der Waals surface area contributed by atoms with Gasteiger partial charge in [-0.15, -0.1) is 11.3 Å². The molecule has 9 nitrogen and oxygen atoms in total. The average molecular weight is 499 g/mol. The van der Waals surface area contributed by atoms with Gasteiger partial charge in [-0.3, -0.25) is 14.4 Å². The van der Waals surface area contributed by atoms with Crippen LogP contribution in [0.5, 0.6) is 5.75 Å².